The molecule has 2 aliphatic rings. The van der Waals surface area contributed by atoms with E-state index in [0.29, 0.717) is 6.04 Å². The van der Waals surface area contributed by atoms with Gasteiger partial charge < -0.3 is 15.5 Å². The molecule has 2 atom stereocenters. The van der Waals surface area contributed by atoms with Gasteiger partial charge >= 0.3 is 0 Å². The van der Waals surface area contributed by atoms with Crippen molar-refractivity contribution in [2.24, 2.45) is 0 Å². The third-order valence-electron chi connectivity index (χ3n) is 2.94. The first kappa shape index (κ1) is 8.97. The maximum absolute atomic E-state index is 11.8. The molecular formula is C9H17N3O. The third kappa shape index (κ3) is 1.69. The number of amides is 1. The summed E-state index contributed by atoms with van der Waals surface area (Å²) in [6, 6.07) is 0.465. The first-order valence-corrected chi connectivity index (χ1v) is 5.03. The molecule has 4 nitrogen and oxygen atoms in total. The van der Waals surface area contributed by atoms with Crippen LogP contribution in [0.5, 0.6) is 0 Å². The van der Waals surface area contributed by atoms with Gasteiger partial charge in [0.15, 0.2) is 0 Å². The van der Waals surface area contributed by atoms with Crippen LogP contribution in [0.15, 0.2) is 0 Å². The summed E-state index contributed by atoms with van der Waals surface area (Å²) in [6.45, 7) is 5.70. The summed E-state index contributed by atoms with van der Waals surface area (Å²) in [5.74, 6) is 0.269. The lowest BCUT2D eigenvalue weighted by Crippen LogP contribution is -2.61. The molecule has 1 amide bonds. The van der Waals surface area contributed by atoms with Gasteiger partial charge in [-0.05, 0) is 13.3 Å². The molecule has 0 saturated carbocycles. The first-order chi connectivity index (χ1) is 6.29. The van der Waals surface area contributed by atoms with Crippen molar-refractivity contribution in [1.82, 2.24) is 15.5 Å². The molecule has 0 aromatic carbocycles. The highest BCUT2D eigenvalue weighted by Crippen LogP contribution is 2.17. The average Bonchev–Trinajstić information content (AvgIpc) is 2.17. The van der Waals surface area contributed by atoms with Gasteiger partial charge in [-0.25, -0.2) is 0 Å². The standard InChI is InChI=1S/C9H17N3O/c1-7-2-5-12(7)9(13)8-6-10-3-4-11-8/h7-8,10-11H,2-6H2,1H3. The first-order valence-electron chi connectivity index (χ1n) is 5.03. The number of hydrogen-bond acceptors (Lipinski definition) is 3. The van der Waals surface area contributed by atoms with E-state index >= 15 is 0 Å². The van der Waals surface area contributed by atoms with E-state index in [9.17, 15) is 4.79 Å². The second-order valence-corrected chi connectivity index (χ2v) is 3.88. The highest BCUT2D eigenvalue weighted by molar-refractivity contribution is 5.83. The van der Waals surface area contributed by atoms with Crippen LogP contribution in [-0.2, 0) is 4.79 Å². The highest BCUT2D eigenvalue weighted by atomic mass is 16.2. The Labute approximate surface area is 78.7 Å². The molecule has 2 saturated heterocycles. The number of nitrogens with one attached hydrogen (secondary N) is 2. The van der Waals surface area contributed by atoms with Crippen LogP contribution in [0.25, 0.3) is 0 Å². The van der Waals surface area contributed by atoms with Crippen molar-refractivity contribution in [1.29, 1.82) is 0 Å². The molecule has 13 heavy (non-hydrogen) atoms. The normalized spacial score (nSPS) is 34.1. The number of carbonyl (C=O) groups is 1. The van der Waals surface area contributed by atoms with E-state index in [1.54, 1.807) is 0 Å². The lowest BCUT2D eigenvalue weighted by atomic mass is 10.0. The molecule has 2 N–H and O–H groups in total. The quantitative estimate of drug-likeness (QED) is 0.557. The zero-order valence-electron chi connectivity index (χ0n) is 8.05. The van der Waals surface area contributed by atoms with Crippen LogP contribution in [0.1, 0.15) is 13.3 Å². The molecule has 2 aliphatic heterocycles. The van der Waals surface area contributed by atoms with Gasteiger partial charge in [-0.2, -0.15) is 0 Å². The van der Waals surface area contributed by atoms with E-state index in [1.807, 2.05) is 4.90 Å². The molecule has 2 heterocycles. The van der Waals surface area contributed by atoms with Crippen molar-refractivity contribution in [2.75, 3.05) is 26.2 Å². The molecule has 2 rings (SSSR count). The van der Waals surface area contributed by atoms with Gasteiger partial charge in [-0.3, -0.25) is 4.79 Å². The molecule has 0 spiro atoms. The second-order valence-electron chi connectivity index (χ2n) is 3.88. The minimum absolute atomic E-state index is 0.0106. The van der Waals surface area contributed by atoms with E-state index in [4.69, 9.17) is 0 Å². The molecular weight excluding hydrogens is 166 g/mol. The van der Waals surface area contributed by atoms with E-state index < -0.39 is 0 Å². The predicted molar refractivity (Wildman–Crippen MR) is 50.5 cm³/mol. The Balaban J connectivity index is 1.88. The van der Waals surface area contributed by atoms with Crippen molar-refractivity contribution in [3.05, 3.63) is 0 Å². The molecule has 0 aromatic heterocycles. The fourth-order valence-electron chi connectivity index (χ4n) is 1.87. The van der Waals surface area contributed by atoms with E-state index in [-0.39, 0.29) is 11.9 Å². The highest BCUT2D eigenvalue weighted by Gasteiger charge is 2.33. The van der Waals surface area contributed by atoms with Gasteiger partial charge in [0.05, 0.1) is 6.04 Å². The van der Waals surface area contributed by atoms with Crippen molar-refractivity contribution < 1.29 is 4.79 Å². The molecule has 0 aliphatic carbocycles. The summed E-state index contributed by atoms with van der Waals surface area (Å²) in [4.78, 5) is 13.8. The maximum atomic E-state index is 11.8. The molecule has 0 radical (unpaired) electrons. The Morgan fingerprint density at radius 1 is 1.46 bits per heavy atom. The largest absolute Gasteiger partial charge is 0.338 e. The number of likely N-dealkylation sites (tertiary alicyclic amines) is 1. The minimum Gasteiger partial charge on any atom is -0.338 e. The van der Waals surface area contributed by atoms with E-state index in [1.165, 1.54) is 0 Å². The summed E-state index contributed by atoms with van der Waals surface area (Å²) in [5.41, 5.74) is 0. The molecule has 0 aromatic rings. The molecule has 74 valence electrons. The Kier molecular flexibility index (Phi) is 2.51. The predicted octanol–water partition coefficient (Wildman–Crippen LogP) is -0.831. The second kappa shape index (κ2) is 3.64. The van der Waals surface area contributed by atoms with Gasteiger partial charge in [0.2, 0.25) is 5.91 Å². The minimum atomic E-state index is 0.0106. The van der Waals surface area contributed by atoms with Gasteiger partial charge in [0.1, 0.15) is 0 Å². The number of hydrogen-bond donors (Lipinski definition) is 2. The molecule has 2 fully saturated rings. The van der Waals surface area contributed by atoms with Crippen LogP contribution in [0.3, 0.4) is 0 Å². The number of rotatable bonds is 1. The van der Waals surface area contributed by atoms with Gasteiger partial charge in [-0.1, -0.05) is 0 Å². The lowest BCUT2D eigenvalue weighted by Gasteiger charge is -2.41. The van der Waals surface area contributed by atoms with Crippen LogP contribution in [0.4, 0.5) is 0 Å². The summed E-state index contributed by atoms with van der Waals surface area (Å²) < 4.78 is 0. The SMILES string of the molecule is CC1CCN1C(=O)C1CNCCN1. The summed E-state index contributed by atoms with van der Waals surface area (Å²) in [7, 11) is 0. The fourth-order valence-corrected chi connectivity index (χ4v) is 1.87. The van der Waals surface area contributed by atoms with Crippen LogP contribution < -0.4 is 10.6 Å². The Morgan fingerprint density at radius 2 is 2.31 bits per heavy atom. The molecule has 2 unspecified atom stereocenters. The van der Waals surface area contributed by atoms with Crippen LogP contribution in [0, 0.1) is 0 Å². The number of carbonyl (C=O) groups excluding carboxylic acids is 1. The topological polar surface area (TPSA) is 44.4 Å². The molecule has 4 heteroatoms. The monoisotopic (exact) mass is 183 g/mol. The Morgan fingerprint density at radius 3 is 2.77 bits per heavy atom. The van der Waals surface area contributed by atoms with Crippen LogP contribution in [0.2, 0.25) is 0 Å². The lowest BCUT2D eigenvalue weighted by molar-refractivity contribution is -0.140. The maximum Gasteiger partial charge on any atom is 0.241 e. The van der Waals surface area contributed by atoms with E-state index in [0.717, 1.165) is 32.6 Å². The Hall–Kier alpha value is -0.610. The zero-order valence-corrected chi connectivity index (χ0v) is 8.05. The zero-order chi connectivity index (χ0) is 9.26. The third-order valence-corrected chi connectivity index (χ3v) is 2.94. The Bertz CT molecular complexity index is 201. The van der Waals surface area contributed by atoms with Crippen molar-refractivity contribution in [3.8, 4) is 0 Å². The fraction of sp³-hybridized carbons (Fsp3) is 0.889. The smallest absolute Gasteiger partial charge is 0.241 e. The van der Waals surface area contributed by atoms with Crippen LogP contribution >= 0.6 is 0 Å². The van der Waals surface area contributed by atoms with Gasteiger partial charge in [0, 0.05) is 32.2 Å². The number of piperazine rings is 1. The average molecular weight is 183 g/mol. The van der Waals surface area contributed by atoms with Gasteiger partial charge in [-0.15, -0.1) is 0 Å². The summed E-state index contributed by atoms with van der Waals surface area (Å²) in [5, 5.41) is 6.46. The van der Waals surface area contributed by atoms with Crippen molar-refractivity contribution in [3.63, 3.8) is 0 Å². The number of nitrogens with zero attached hydrogens (tertiary/aromatic N) is 1. The molecule has 0 bridgehead atoms. The van der Waals surface area contributed by atoms with E-state index in [2.05, 4.69) is 17.6 Å². The summed E-state index contributed by atoms with van der Waals surface area (Å²) in [6.07, 6.45) is 1.16. The summed E-state index contributed by atoms with van der Waals surface area (Å²) >= 11 is 0. The van der Waals surface area contributed by atoms with Crippen LogP contribution in [-0.4, -0.2) is 49.1 Å². The van der Waals surface area contributed by atoms with Crippen molar-refractivity contribution in [2.45, 2.75) is 25.4 Å². The van der Waals surface area contributed by atoms with Gasteiger partial charge in [0.25, 0.3) is 0 Å². The van der Waals surface area contributed by atoms with Crippen molar-refractivity contribution >= 4 is 5.91 Å².